The summed E-state index contributed by atoms with van der Waals surface area (Å²) in [5, 5.41) is 8.54. The van der Waals surface area contributed by atoms with E-state index in [0.717, 1.165) is 38.0 Å². The van der Waals surface area contributed by atoms with Gasteiger partial charge in [0.2, 0.25) is 11.8 Å². The fraction of sp³-hybridized carbons (Fsp3) is 0.381. The first-order valence-electron chi connectivity index (χ1n) is 9.47. The highest BCUT2D eigenvalue weighted by Gasteiger charge is 2.25. The minimum Gasteiger partial charge on any atom is -0.419 e. The molecule has 0 unspecified atom stereocenters. The zero-order valence-electron chi connectivity index (χ0n) is 15.7. The predicted octanol–water partition coefficient (Wildman–Crippen LogP) is 3.23. The second-order valence-corrected chi connectivity index (χ2v) is 7.17. The molecule has 0 saturated carbocycles. The molecule has 1 aliphatic heterocycles. The van der Waals surface area contributed by atoms with Gasteiger partial charge in [-0.05, 0) is 56.7 Å². The Balaban J connectivity index is 1.51. The van der Waals surface area contributed by atoms with Crippen LogP contribution in [0.2, 0.25) is 0 Å². The molecule has 1 saturated heterocycles. The normalized spacial score (nSPS) is 16.1. The maximum Gasteiger partial charge on any atom is 0.247 e. The lowest BCUT2D eigenvalue weighted by Crippen LogP contribution is -2.43. The third kappa shape index (κ3) is 4.59. The first kappa shape index (κ1) is 17.8. The van der Waals surface area contributed by atoms with Gasteiger partial charge in [-0.15, -0.1) is 10.2 Å². The van der Waals surface area contributed by atoms with E-state index in [9.17, 15) is 0 Å². The molecule has 1 fully saturated rings. The van der Waals surface area contributed by atoms with Gasteiger partial charge >= 0.3 is 0 Å². The van der Waals surface area contributed by atoms with Gasteiger partial charge in [0, 0.05) is 30.5 Å². The van der Waals surface area contributed by atoms with Crippen molar-refractivity contribution in [1.29, 1.82) is 0 Å². The van der Waals surface area contributed by atoms with Crippen LogP contribution in [0.25, 0.3) is 11.5 Å². The van der Waals surface area contributed by atoms with Crippen LogP contribution in [0, 0.1) is 0 Å². The molecule has 3 aromatic rings. The van der Waals surface area contributed by atoms with E-state index >= 15 is 0 Å². The third-order valence-electron chi connectivity index (χ3n) is 5.14. The minimum atomic E-state index is 0.508. The van der Waals surface area contributed by atoms with Crippen LogP contribution < -0.4 is 0 Å². The number of nitrogens with zero attached hydrogens (tertiary/aromatic N) is 5. The number of aromatic nitrogens is 3. The van der Waals surface area contributed by atoms with E-state index < -0.39 is 0 Å². The van der Waals surface area contributed by atoms with E-state index in [-0.39, 0.29) is 0 Å². The molecule has 6 heteroatoms. The minimum absolute atomic E-state index is 0.508. The second kappa shape index (κ2) is 8.41. The van der Waals surface area contributed by atoms with Crippen molar-refractivity contribution in [1.82, 2.24) is 25.0 Å². The van der Waals surface area contributed by atoms with Crippen LogP contribution in [0.1, 0.15) is 24.3 Å². The highest BCUT2D eigenvalue weighted by molar-refractivity contribution is 5.51. The Morgan fingerprint density at radius 1 is 1.04 bits per heavy atom. The van der Waals surface area contributed by atoms with Crippen LogP contribution in [0.4, 0.5) is 0 Å². The zero-order chi connectivity index (χ0) is 18.5. The number of piperidine rings is 1. The fourth-order valence-corrected chi connectivity index (χ4v) is 3.59. The molecular formula is C21H25N5O. The van der Waals surface area contributed by atoms with Crippen LogP contribution >= 0.6 is 0 Å². The van der Waals surface area contributed by atoms with Crippen LogP contribution in [0.3, 0.4) is 0 Å². The number of likely N-dealkylation sites (tertiary alicyclic amines) is 1. The Labute approximate surface area is 159 Å². The van der Waals surface area contributed by atoms with Crippen LogP contribution in [-0.4, -0.2) is 51.2 Å². The van der Waals surface area contributed by atoms with E-state index in [2.05, 4.69) is 38.1 Å². The molecular weight excluding hydrogens is 338 g/mol. The predicted molar refractivity (Wildman–Crippen MR) is 104 cm³/mol. The smallest absolute Gasteiger partial charge is 0.247 e. The summed E-state index contributed by atoms with van der Waals surface area (Å²) in [6.45, 7) is 3.73. The van der Waals surface area contributed by atoms with Crippen molar-refractivity contribution in [3.63, 3.8) is 0 Å². The van der Waals surface area contributed by atoms with Crippen molar-refractivity contribution < 1.29 is 4.42 Å². The molecule has 6 nitrogen and oxygen atoms in total. The van der Waals surface area contributed by atoms with Crippen LogP contribution in [-0.2, 0) is 13.1 Å². The van der Waals surface area contributed by atoms with Gasteiger partial charge in [0.15, 0.2) is 0 Å². The summed E-state index contributed by atoms with van der Waals surface area (Å²) in [7, 11) is 2.19. The number of hydrogen-bond donors (Lipinski definition) is 0. The first-order chi connectivity index (χ1) is 13.3. The van der Waals surface area contributed by atoms with Gasteiger partial charge in [0.1, 0.15) is 0 Å². The molecule has 0 bridgehead atoms. The largest absolute Gasteiger partial charge is 0.419 e. The average Bonchev–Trinajstić information content (AvgIpc) is 3.18. The molecule has 140 valence electrons. The Morgan fingerprint density at radius 3 is 2.59 bits per heavy atom. The monoisotopic (exact) mass is 363 g/mol. The maximum atomic E-state index is 5.96. The summed E-state index contributed by atoms with van der Waals surface area (Å²) in [5.74, 6) is 1.24. The van der Waals surface area contributed by atoms with Gasteiger partial charge in [0.25, 0.3) is 0 Å². The quantitative estimate of drug-likeness (QED) is 0.670. The maximum absolute atomic E-state index is 5.96. The topological polar surface area (TPSA) is 58.3 Å². The van der Waals surface area contributed by atoms with Crippen LogP contribution in [0.5, 0.6) is 0 Å². The van der Waals surface area contributed by atoms with Crippen molar-refractivity contribution >= 4 is 0 Å². The highest BCUT2D eigenvalue weighted by atomic mass is 16.4. The molecule has 1 aliphatic rings. The molecule has 0 aliphatic carbocycles. The van der Waals surface area contributed by atoms with Crippen molar-refractivity contribution in [3.05, 3.63) is 66.3 Å². The van der Waals surface area contributed by atoms with Crippen LogP contribution in [0.15, 0.2) is 59.3 Å². The standard InChI is InChI=1S/C21H25N5O/c1-25-12-9-19(10-13-25)26(15-17-6-5-11-22-14-17)16-20-23-24-21(27-20)18-7-3-2-4-8-18/h2-8,11,14,19H,9-10,12-13,15-16H2,1H3. The summed E-state index contributed by atoms with van der Waals surface area (Å²) >= 11 is 0. The van der Waals surface area contributed by atoms with Crippen molar-refractivity contribution in [3.8, 4) is 11.5 Å². The molecule has 0 amide bonds. The summed E-state index contributed by atoms with van der Waals surface area (Å²) in [5.41, 5.74) is 2.16. The molecule has 3 heterocycles. The second-order valence-electron chi connectivity index (χ2n) is 7.17. The molecule has 2 aromatic heterocycles. The lowest BCUT2D eigenvalue weighted by Gasteiger charge is -2.36. The SMILES string of the molecule is CN1CCC(N(Cc2cccnc2)Cc2nnc(-c3ccccc3)o2)CC1. The highest BCUT2D eigenvalue weighted by Crippen LogP contribution is 2.22. The fourth-order valence-electron chi connectivity index (χ4n) is 3.59. The molecule has 0 spiro atoms. The van der Waals surface area contributed by atoms with Crippen molar-refractivity contribution in [2.45, 2.75) is 32.0 Å². The van der Waals surface area contributed by atoms with E-state index in [1.807, 2.05) is 48.8 Å². The van der Waals surface area contributed by atoms with Crippen molar-refractivity contribution in [2.24, 2.45) is 0 Å². The number of hydrogen-bond acceptors (Lipinski definition) is 6. The van der Waals surface area contributed by atoms with E-state index in [1.165, 1.54) is 5.56 Å². The van der Waals surface area contributed by atoms with E-state index in [4.69, 9.17) is 4.42 Å². The summed E-state index contributed by atoms with van der Waals surface area (Å²) in [6, 6.07) is 14.5. The molecule has 0 N–H and O–H groups in total. The van der Waals surface area contributed by atoms with Gasteiger partial charge in [-0.2, -0.15) is 0 Å². The molecule has 4 rings (SSSR count). The molecule has 0 atom stereocenters. The Bertz CT molecular complexity index is 828. The summed E-state index contributed by atoms with van der Waals surface area (Å²) < 4.78 is 5.96. The Kier molecular flexibility index (Phi) is 5.55. The lowest BCUT2D eigenvalue weighted by molar-refractivity contribution is 0.0995. The van der Waals surface area contributed by atoms with Gasteiger partial charge in [-0.3, -0.25) is 9.88 Å². The van der Waals surface area contributed by atoms with E-state index in [1.54, 1.807) is 0 Å². The first-order valence-corrected chi connectivity index (χ1v) is 9.47. The average molecular weight is 363 g/mol. The Morgan fingerprint density at radius 2 is 1.85 bits per heavy atom. The summed E-state index contributed by atoms with van der Waals surface area (Å²) in [4.78, 5) is 9.10. The zero-order valence-corrected chi connectivity index (χ0v) is 15.7. The van der Waals surface area contributed by atoms with Gasteiger partial charge < -0.3 is 9.32 Å². The van der Waals surface area contributed by atoms with E-state index in [0.29, 0.717) is 24.4 Å². The Hall–Kier alpha value is -2.57. The number of benzene rings is 1. The van der Waals surface area contributed by atoms with Gasteiger partial charge in [-0.1, -0.05) is 24.3 Å². The van der Waals surface area contributed by atoms with Gasteiger partial charge in [0.05, 0.1) is 6.54 Å². The third-order valence-corrected chi connectivity index (χ3v) is 5.14. The number of pyridine rings is 1. The molecule has 27 heavy (non-hydrogen) atoms. The molecule has 0 radical (unpaired) electrons. The van der Waals surface area contributed by atoms with Gasteiger partial charge in [-0.25, -0.2) is 0 Å². The van der Waals surface area contributed by atoms with Crippen molar-refractivity contribution in [2.75, 3.05) is 20.1 Å². The number of rotatable bonds is 6. The summed E-state index contributed by atoms with van der Waals surface area (Å²) in [6.07, 6.45) is 6.05. The lowest BCUT2D eigenvalue weighted by atomic mass is 10.0. The molecule has 1 aromatic carbocycles.